The zero-order valence-corrected chi connectivity index (χ0v) is 22.2. The van der Waals surface area contributed by atoms with Crippen LogP contribution >= 0.6 is 0 Å². The third-order valence-electron chi connectivity index (χ3n) is 9.48. The van der Waals surface area contributed by atoms with E-state index < -0.39 is 19.2 Å². The summed E-state index contributed by atoms with van der Waals surface area (Å²) in [7, 11) is -0.568. The van der Waals surface area contributed by atoms with E-state index in [9.17, 15) is 9.59 Å². The van der Waals surface area contributed by atoms with Gasteiger partial charge in [-0.2, -0.15) is 5.26 Å². The standard InChI is InChI=1S/C28H38BN3O5/c1-27(2)20-16-22(27)28(3)23(17-20)36-29(37-28)24(15-19-9-5-4-6-10-19)31-26(34)35-18-21-11-7-8-14-32(21)25(33)12-13-30/h4-6,9-10,20-24H,7-8,11-12,14-18H2,1-3H3,(H,31,34)/t20-,21+,22-,23+,24-,28-/m0/s1. The first kappa shape index (κ1) is 26.1. The summed E-state index contributed by atoms with van der Waals surface area (Å²) in [5, 5.41) is 11.9. The minimum Gasteiger partial charge on any atom is -0.447 e. The second kappa shape index (κ2) is 10.3. The first-order valence-electron chi connectivity index (χ1n) is 13.7. The molecule has 0 radical (unpaired) electrons. The molecule has 0 spiro atoms. The van der Waals surface area contributed by atoms with Crippen LogP contribution in [0.15, 0.2) is 30.3 Å². The van der Waals surface area contributed by atoms with Gasteiger partial charge in [0.2, 0.25) is 5.91 Å². The van der Waals surface area contributed by atoms with E-state index in [0.29, 0.717) is 24.8 Å². The van der Waals surface area contributed by atoms with Crippen LogP contribution in [-0.2, 0) is 25.3 Å². The second-order valence-electron chi connectivity index (χ2n) is 11.9. The molecular weight excluding hydrogens is 469 g/mol. The number of carbonyl (C=O) groups excluding carboxylic acids is 2. The zero-order chi connectivity index (χ0) is 26.2. The Bertz CT molecular complexity index is 1050. The molecule has 5 fully saturated rings. The average Bonchev–Trinajstić information content (AvgIpc) is 3.25. The Balaban J connectivity index is 1.25. The van der Waals surface area contributed by atoms with Gasteiger partial charge < -0.3 is 24.3 Å². The summed E-state index contributed by atoms with van der Waals surface area (Å²) in [6, 6.07) is 11.7. The largest absolute Gasteiger partial charge is 0.482 e. The zero-order valence-electron chi connectivity index (χ0n) is 22.2. The van der Waals surface area contributed by atoms with Crippen LogP contribution in [0, 0.1) is 28.6 Å². The maximum absolute atomic E-state index is 13.0. The number of alkyl carbamates (subject to hydrolysis) is 1. The van der Waals surface area contributed by atoms with E-state index in [2.05, 4.69) is 26.1 Å². The highest BCUT2D eigenvalue weighted by molar-refractivity contribution is 6.47. The lowest BCUT2D eigenvalue weighted by Gasteiger charge is -2.64. The van der Waals surface area contributed by atoms with Gasteiger partial charge in [0.1, 0.15) is 13.0 Å². The van der Waals surface area contributed by atoms with Crippen molar-refractivity contribution in [1.82, 2.24) is 10.2 Å². The first-order chi connectivity index (χ1) is 17.7. The highest BCUT2D eigenvalue weighted by Gasteiger charge is 2.68. The highest BCUT2D eigenvalue weighted by Crippen LogP contribution is 2.65. The van der Waals surface area contributed by atoms with Crippen molar-refractivity contribution in [2.45, 2.75) is 89.4 Å². The lowest BCUT2D eigenvalue weighted by atomic mass is 9.43. The van der Waals surface area contributed by atoms with Gasteiger partial charge in [0.05, 0.1) is 29.8 Å². The van der Waals surface area contributed by atoms with Gasteiger partial charge >= 0.3 is 13.2 Å². The number of benzene rings is 1. The Labute approximate surface area is 220 Å². The summed E-state index contributed by atoms with van der Waals surface area (Å²) in [4.78, 5) is 27.1. The molecule has 1 aromatic rings. The number of ether oxygens (including phenoxy) is 1. The van der Waals surface area contributed by atoms with Crippen LogP contribution in [0.1, 0.15) is 64.9 Å². The van der Waals surface area contributed by atoms with Gasteiger partial charge in [-0.15, -0.1) is 0 Å². The normalized spacial score (nSPS) is 32.5. The van der Waals surface area contributed by atoms with Crippen molar-refractivity contribution >= 4 is 19.1 Å². The predicted molar refractivity (Wildman–Crippen MR) is 138 cm³/mol. The fourth-order valence-corrected chi connectivity index (χ4v) is 7.19. The van der Waals surface area contributed by atoms with E-state index in [1.165, 1.54) is 0 Å². The lowest BCUT2D eigenvalue weighted by molar-refractivity contribution is -0.199. The second-order valence-corrected chi connectivity index (χ2v) is 11.9. The van der Waals surface area contributed by atoms with Crippen molar-refractivity contribution in [1.29, 1.82) is 5.26 Å². The Hall–Kier alpha value is -2.57. The number of hydrogen-bond donors (Lipinski definition) is 1. The molecule has 0 unspecified atom stereocenters. The van der Waals surface area contributed by atoms with Gasteiger partial charge in [-0.1, -0.05) is 44.2 Å². The van der Waals surface area contributed by atoms with E-state index in [1.807, 2.05) is 36.4 Å². The van der Waals surface area contributed by atoms with Crippen LogP contribution in [0.5, 0.6) is 0 Å². The maximum atomic E-state index is 13.0. The van der Waals surface area contributed by atoms with Crippen LogP contribution in [-0.4, -0.2) is 60.9 Å². The molecule has 198 valence electrons. The number of nitrogens with one attached hydrogen (secondary N) is 1. The molecule has 3 aliphatic carbocycles. The van der Waals surface area contributed by atoms with Gasteiger partial charge in [0.15, 0.2) is 0 Å². The van der Waals surface area contributed by atoms with Crippen LogP contribution in [0.25, 0.3) is 0 Å². The fourth-order valence-electron chi connectivity index (χ4n) is 7.19. The molecule has 2 heterocycles. The number of hydrogen-bond acceptors (Lipinski definition) is 6. The van der Waals surface area contributed by atoms with Crippen molar-refractivity contribution in [2.75, 3.05) is 13.2 Å². The van der Waals surface area contributed by atoms with Gasteiger partial charge in [-0.05, 0) is 68.3 Å². The number of likely N-dealkylation sites (tertiary alicyclic amines) is 1. The number of amides is 2. The number of rotatable bonds is 7. The van der Waals surface area contributed by atoms with E-state index >= 15 is 0 Å². The van der Waals surface area contributed by atoms with Crippen LogP contribution in [0.2, 0.25) is 0 Å². The number of carbonyl (C=O) groups is 2. The molecule has 2 saturated heterocycles. The SMILES string of the molecule is CC1(C)[C@@H]2C[C@H]3OB([C@H](Cc4ccccc4)NC(=O)OC[C@H]4CCCCN4C(=O)CC#N)O[C@@]3(C)[C@H]1C2. The summed E-state index contributed by atoms with van der Waals surface area (Å²) in [5.74, 6) is 0.454. The van der Waals surface area contributed by atoms with E-state index in [-0.39, 0.29) is 42.1 Å². The molecule has 1 aromatic carbocycles. The van der Waals surface area contributed by atoms with Crippen molar-refractivity contribution in [3.8, 4) is 6.07 Å². The van der Waals surface area contributed by atoms with E-state index in [4.69, 9.17) is 19.3 Å². The molecule has 8 nitrogen and oxygen atoms in total. The lowest BCUT2D eigenvalue weighted by Crippen LogP contribution is -2.65. The van der Waals surface area contributed by atoms with Crippen LogP contribution in [0.4, 0.5) is 4.79 Å². The van der Waals surface area contributed by atoms with Crippen molar-refractivity contribution in [3.63, 3.8) is 0 Å². The smallest absolute Gasteiger partial charge is 0.447 e. The molecule has 0 aromatic heterocycles. The summed E-state index contributed by atoms with van der Waals surface area (Å²) in [6.45, 7) is 7.53. The van der Waals surface area contributed by atoms with Crippen LogP contribution in [0.3, 0.4) is 0 Å². The summed E-state index contributed by atoms with van der Waals surface area (Å²) in [6.07, 6.45) is 4.63. The quantitative estimate of drug-likeness (QED) is 0.563. The van der Waals surface area contributed by atoms with E-state index in [0.717, 1.165) is 37.7 Å². The molecule has 5 aliphatic rings. The van der Waals surface area contributed by atoms with Crippen molar-refractivity contribution in [2.24, 2.45) is 17.3 Å². The molecule has 1 N–H and O–H groups in total. The third kappa shape index (κ3) is 4.98. The van der Waals surface area contributed by atoms with Crippen molar-refractivity contribution in [3.05, 3.63) is 35.9 Å². The van der Waals surface area contributed by atoms with Gasteiger partial charge in [0, 0.05) is 6.54 Å². The average molecular weight is 507 g/mol. The number of nitriles is 1. The highest BCUT2D eigenvalue weighted by atomic mass is 16.7. The maximum Gasteiger partial charge on any atom is 0.482 e. The monoisotopic (exact) mass is 507 g/mol. The summed E-state index contributed by atoms with van der Waals surface area (Å²) in [5.41, 5.74) is 0.942. The molecule has 6 rings (SSSR count). The Morgan fingerprint density at radius 2 is 2.03 bits per heavy atom. The van der Waals surface area contributed by atoms with Crippen molar-refractivity contribution < 1.29 is 23.6 Å². The van der Waals surface area contributed by atoms with Gasteiger partial charge in [0.25, 0.3) is 0 Å². The predicted octanol–water partition coefficient (Wildman–Crippen LogP) is 3.89. The molecule has 37 heavy (non-hydrogen) atoms. The Morgan fingerprint density at radius 1 is 1.24 bits per heavy atom. The first-order valence-corrected chi connectivity index (χ1v) is 13.7. The molecule has 9 heteroatoms. The third-order valence-corrected chi connectivity index (χ3v) is 9.48. The molecule has 2 amide bonds. The molecule has 6 atom stereocenters. The van der Waals surface area contributed by atoms with E-state index in [1.54, 1.807) is 4.90 Å². The topological polar surface area (TPSA) is 101 Å². The number of piperidine rings is 1. The Morgan fingerprint density at radius 3 is 2.76 bits per heavy atom. The molecule has 2 aliphatic heterocycles. The Kier molecular flexibility index (Phi) is 7.25. The summed E-state index contributed by atoms with van der Waals surface area (Å²) >= 11 is 0. The fraction of sp³-hybridized carbons (Fsp3) is 0.679. The van der Waals surface area contributed by atoms with Crippen LogP contribution < -0.4 is 5.32 Å². The number of nitrogens with zero attached hydrogens (tertiary/aromatic N) is 2. The summed E-state index contributed by atoms with van der Waals surface area (Å²) < 4.78 is 18.8. The molecule has 2 bridgehead atoms. The van der Waals surface area contributed by atoms with Gasteiger partial charge in [-0.3, -0.25) is 4.79 Å². The molecular formula is C28H38BN3O5. The van der Waals surface area contributed by atoms with Gasteiger partial charge in [-0.25, -0.2) is 4.79 Å². The minimum absolute atomic E-state index is 0.0207. The minimum atomic E-state index is -0.568. The molecule has 3 saturated carbocycles.